The van der Waals surface area contributed by atoms with Crippen molar-refractivity contribution < 1.29 is 9.59 Å². The van der Waals surface area contributed by atoms with Crippen LogP contribution in [0.1, 0.15) is 24.1 Å². The van der Waals surface area contributed by atoms with Crippen LogP contribution in [0.3, 0.4) is 0 Å². The lowest BCUT2D eigenvalue weighted by molar-refractivity contribution is -0.138. The van der Waals surface area contributed by atoms with Crippen LogP contribution in [0.5, 0.6) is 0 Å². The summed E-state index contributed by atoms with van der Waals surface area (Å²) in [5, 5.41) is 4.60. The first-order valence-electron chi connectivity index (χ1n) is 6.46. The van der Waals surface area contributed by atoms with Crippen molar-refractivity contribution in [3.8, 4) is 0 Å². The molecular formula is C14H18N2O2S. The molecule has 0 radical (unpaired) electrons. The van der Waals surface area contributed by atoms with Gasteiger partial charge in [0.05, 0.1) is 0 Å². The highest BCUT2D eigenvalue weighted by Gasteiger charge is 2.30. The normalized spacial score (nSPS) is 19.6. The summed E-state index contributed by atoms with van der Waals surface area (Å²) in [6, 6.07) is 3.59. The van der Waals surface area contributed by atoms with Crippen molar-refractivity contribution in [3.63, 3.8) is 0 Å². The van der Waals surface area contributed by atoms with E-state index in [-0.39, 0.29) is 17.9 Å². The maximum atomic E-state index is 12.2. The first-order valence-corrected chi connectivity index (χ1v) is 7.34. The van der Waals surface area contributed by atoms with Gasteiger partial charge in [0.15, 0.2) is 0 Å². The van der Waals surface area contributed by atoms with Gasteiger partial charge < -0.3 is 10.2 Å². The third kappa shape index (κ3) is 3.44. The molecule has 0 spiro atoms. The molecule has 1 aromatic rings. The average molecular weight is 278 g/mol. The predicted molar refractivity (Wildman–Crippen MR) is 76.8 cm³/mol. The van der Waals surface area contributed by atoms with Gasteiger partial charge >= 0.3 is 0 Å². The van der Waals surface area contributed by atoms with E-state index in [4.69, 9.17) is 0 Å². The molecule has 2 rings (SSSR count). The summed E-state index contributed by atoms with van der Waals surface area (Å²) < 4.78 is 0. The summed E-state index contributed by atoms with van der Waals surface area (Å²) in [6.45, 7) is 0.658. The van der Waals surface area contributed by atoms with E-state index in [9.17, 15) is 9.59 Å². The van der Waals surface area contributed by atoms with Gasteiger partial charge in [-0.2, -0.15) is 0 Å². The van der Waals surface area contributed by atoms with Crippen LogP contribution in [0, 0.1) is 0 Å². The number of piperidine rings is 1. The fourth-order valence-electron chi connectivity index (χ4n) is 2.27. The minimum Gasteiger partial charge on any atom is -0.357 e. The van der Waals surface area contributed by atoms with E-state index in [1.165, 1.54) is 0 Å². The minimum atomic E-state index is -0.320. The van der Waals surface area contributed by atoms with E-state index in [0.29, 0.717) is 6.54 Å². The smallest absolute Gasteiger partial charge is 0.247 e. The van der Waals surface area contributed by atoms with Crippen LogP contribution in [0.2, 0.25) is 0 Å². The number of amides is 2. The molecule has 0 aliphatic carbocycles. The molecular weight excluding hydrogens is 260 g/mol. The zero-order chi connectivity index (χ0) is 13.7. The lowest BCUT2D eigenvalue weighted by Crippen LogP contribution is -2.50. The molecule has 19 heavy (non-hydrogen) atoms. The van der Waals surface area contributed by atoms with Gasteiger partial charge in [-0.25, -0.2) is 0 Å². The number of hydrogen-bond donors (Lipinski definition) is 1. The highest BCUT2D eigenvalue weighted by molar-refractivity contribution is 7.10. The Morgan fingerprint density at radius 1 is 1.47 bits per heavy atom. The number of hydrogen-bond acceptors (Lipinski definition) is 3. The molecule has 1 aliphatic rings. The zero-order valence-corrected chi connectivity index (χ0v) is 11.8. The van der Waals surface area contributed by atoms with Crippen molar-refractivity contribution in [1.82, 2.24) is 10.2 Å². The summed E-state index contributed by atoms with van der Waals surface area (Å²) in [4.78, 5) is 26.7. The van der Waals surface area contributed by atoms with Crippen LogP contribution in [-0.2, 0) is 9.59 Å². The van der Waals surface area contributed by atoms with Gasteiger partial charge in [0, 0.05) is 24.5 Å². The van der Waals surface area contributed by atoms with Gasteiger partial charge in [-0.15, -0.1) is 11.3 Å². The van der Waals surface area contributed by atoms with Gasteiger partial charge in [-0.1, -0.05) is 6.07 Å². The Bertz CT molecular complexity index is 468. The molecule has 2 heterocycles. The highest BCUT2D eigenvalue weighted by atomic mass is 32.1. The molecule has 1 unspecified atom stereocenters. The molecule has 1 fully saturated rings. The molecule has 2 amide bonds. The topological polar surface area (TPSA) is 49.4 Å². The SMILES string of the molecule is CNC(=O)C1CCCCN1C(=O)/C=C/c1cccs1. The molecule has 0 bridgehead atoms. The Hall–Kier alpha value is -1.62. The predicted octanol–water partition coefficient (Wildman–Crippen LogP) is 1.89. The van der Waals surface area contributed by atoms with Crippen LogP contribution in [0.25, 0.3) is 6.08 Å². The number of likely N-dealkylation sites (tertiary alicyclic amines) is 1. The Morgan fingerprint density at radius 2 is 2.32 bits per heavy atom. The molecule has 1 saturated heterocycles. The van der Waals surface area contributed by atoms with Crippen molar-refractivity contribution >= 4 is 29.2 Å². The molecule has 0 aromatic carbocycles. The number of nitrogens with one attached hydrogen (secondary N) is 1. The molecule has 4 nitrogen and oxygen atoms in total. The fourth-order valence-corrected chi connectivity index (χ4v) is 2.89. The third-order valence-electron chi connectivity index (χ3n) is 3.27. The van der Waals surface area contributed by atoms with Gasteiger partial charge in [0.1, 0.15) is 6.04 Å². The van der Waals surface area contributed by atoms with Gasteiger partial charge in [-0.05, 0) is 36.8 Å². The van der Waals surface area contributed by atoms with E-state index < -0.39 is 0 Å². The number of rotatable bonds is 3. The zero-order valence-electron chi connectivity index (χ0n) is 11.0. The van der Waals surface area contributed by atoms with E-state index in [2.05, 4.69) is 5.32 Å². The number of carbonyl (C=O) groups excluding carboxylic acids is 2. The summed E-state index contributed by atoms with van der Waals surface area (Å²) in [5.74, 6) is -0.153. The second-order valence-electron chi connectivity index (χ2n) is 4.51. The first kappa shape index (κ1) is 13.8. The lowest BCUT2D eigenvalue weighted by atomic mass is 10.0. The van der Waals surface area contributed by atoms with Crippen LogP contribution < -0.4 is 5.32 Å². The standard InChI is InChI=1S/C14H18N2O2S/c1-15-14(18)12-6-2-3-9-16(12)13(17)8-7-11-5-4-10-19-11/h4-5,7-8,10,12H,2-3,6,9H2,1H3,(H,15,18)/b8-7+. The van der Waals surface area contributed by atoms with Crippen molar-refractivity contribution in [1.29, 1.82) is 0 Å². The van der Waals surface area contributed by atoms with Crippen molar-refractivity contribution in [2.24, 2.45) is 0 Å². The second kappa shape index (κ2) is 6.52. The van der Waals surface area contributed by atoms with Crippen molar-refractivity contribution in [2.75, 3.05) is 13.6 Å². The summed E-state index contributed by atoms with van der Waals surface area (Å²) >= 11 is 1.59. The molecule has 1 aromatic heterocycles. The second-order valence-corrected chi connectivity index (χ2v) is 5.49. The number of carbonyl (C=O) groups is 2. The van der Waals surface area contributed by atoms with E-state index in [1.807, 2.05) is 23.6 Å². The first-order chi connectivity index (χ1) is 9.22. The third-order valence-corrected chi connectivity index (χ3v) is 4.11. The van der Waals surface area contributed by atoms with Crippen LogP contribution >= 0.6 is 11.3 Å². The molecule has 5 heteroatoms. The van der Waals surface area contributed by atoms with E-state index >= 15 is 0 Å². The molecule has 1 N–H and O–H groups in total. The number of nitrogens with zero attached hydrogens (tertiary/aromatic N) is 1. The maximum absolute atomic E-state index is 12.2. The minimum absolute atomic E-state index is 0.0717. The Balaban J connectivity index is 2.05. The summed E-state index contributed by atoms with van der Waals surface area (Å²) in [7, 11) is 1.61. The molecule has 1 atom stereocenters. The molecule has 0 saturated carbocycles. The van der Waals surface area contributed by atoms with Gasteiger partial charge in [-0.3, -0.25) is 9.59 Å². The van der Waals surface area contributed by atoms with E-state index in [1.54, 1.807) is 29.4 Å². The van der Waals surface area contributed by atoms with E-state index in [0.717, 1.165) is 24.1 Å². The molecule has 102 valence electrons. The monoisotopic (exact) mass is 278 g/mol. The van der Waals surface area contributed by atoms with Crippen LogP contribution in [0.15, 0.2) is 23.6 Å². The van der Waals surface area contributed by atoms with Gasteiger partial charge in [0.2, 0.25) is 11.8 Å². The Kier molecular flexibility index (Phi) is 4.74. The highest BCUT2D eigenvalue weighted by Crippen LogP contribution is 2.18. The van der Waals surface area contributed by atoms with Crippen LogP contribution in [0.4, 0.5) is 0 Å². The molecule has 1 aliphatic heterocycles. The Morgan fingerprint density at radius 3 is 3.00 bits per heavy atom. The lowest BCUT2D eigenvalue weighted by Gasteiger charge is -2.33. The summed E-state index contributed by atoms with van der Waals surface area (Å²) in [5.41, 5.74) is 0. The van der Waals surface area contributed by atoms with Crippen molar-refractivity contribution in [2.45, 2.75) is 25.3 Å². The van der Waals surface area contributed by atoms with Crippen LogP contribution in [-0.4, -0.2) is 36.3 Å². The summed E-state index contributed by atoms with van der Waals surface area (Å²) in [6.07, 6.45) is 6.08. The Labute approximate surface area is 117 Å². The number of thiophene rings is 1. The maximum Gasteiger partial charge on any atom is 0.247 e. The number of likely N-dealkylation sites (N-methyl/N-ethyl adjacent to an activating group) is 1. The van der Waals surface area contributed by atoms with Crippen molar-refractivity contribution in [3.05, 3.63) is 28.5 Å². The van der Waals surface area contributed by atoms with Gasteiger partial charge in [0.25, 0.3) is 0 Å². The fraction of sp³-hybridized carbons (Fsp3) is 0.429. The quantitative estimate of drug-likeness (QED) is 0.858. The average Bonchev–Trinajstić information content (AvgIpc) is 2.97. The largest absolute Gasteiger partial charge is 0.357 e.